The van der Waals surface area contributed by atoms with Crippen molar-refractivity contribution in [1.29, 1.82) is 0 Å². The maximum Gasteiger partial charge on any atom is 0.225 e. The Hall–Kier alpha value is -2.24. The first kappa shape index (κ1) is 19.7. The van der Waals surface area contributed by atoms with E-state index in [9.17, 15) is 14.3 Å². The van der Waals surface area contributed by atoms with Gasteiger partial charge in [-0.15, -0.1) is 0 Å². The molecule has 0 unspecified atom stereocenters. The van der Waals surface area contributed by atoms with Gasteiger partial charge in [0.2, 0.25) is 5.91 Å². The lowest BCUT2D eigenvalue weighted by Gasteiger charge is -2.57. The number of hydrogen-bond donors (Lipinski definition) is 1. The van der Waals surface area contributed by atoms with Gasteiger partial charge in [-0.1, -0.05) is 36.4 Å². The maximum absolute atomic E-state index is 13.6. The Morgan fingerprint density at radius 2 is 1.80 bits per heavy atom. The zero-order valence-corrected chi connectivity index (χ0v) is 17.2. The number of aliphatic hydroxyl groups is 1. The third-order valence-corrected chi connectivity index (χ3v) is 7.06. The van der Waals surface area contributed by atoms with Crippen LogP contribution in [0.2, 0.25) is 0 Å². The van der Waals surface area contributed by atoms with Crippen LogP contribution >= 0.6 is 0 Å². The number of nitrogens with zero attached hydrogens (tertiary/aromatic N) is 2. The highest BCUT2D eigenvalue weighted by Crippen LogP contribution is 2.43. The molecule has 3 aliphatic rings. The fourth-order valence-electron chi connectivity index (χ4n) is 5.29. The molecule has 2 aromatic carbocycles. The van der Waals surface area contributed by atoms with E-state index in [0.29, 0.717) is 5.91 Å². The van der Waals surface area contributed by atoms with Crippen LogP contribution < -0.4 is 0 Å². The minimum atomic E-state index is -0.235. The Bertz CT molecular complexity index is 912. The molecule has 2 heterocycles. The largest absolute Gasteiger partial charge is 0.395 e. The van der Waals surface area contributed by atoms with Gasteiger partial charge in [-0.05, 0) is 61.1 Å². The summed E-state index contributed by atoms with van der Waals surface area (Å²) in [7, 11) is 0. The molecule has 3 fully saturated rings. The molecule has 1 amide bonds. The molecule has 30 heavy (non-hydrogen) atoms. The Labute approximate surface area is 177 Å². The Balaban J connectivity index is 1.38. The van der Waals surface area contributed by atoms with E-state index < -0.39 is 0 Å². The summed E-state index contributed by atoms with van der Waals surface area (Å²) in [4.78, 5) is 17.2. The van der Waals surface area contributed by atoms with E-state index in [0.717, 1.165) is 56.4 Å². The number of benzene rings is 2. The van der Waals surface area contributed by atoms with Gasteiger partial charge in [0.05, 0.1) is 6.61 Å². The van der Waals surface area contributed by atoms with E-state index in [-0.39, 0.29) is 36.3 Å². The van der Waals surface area contributed by atoms with Crippen molar-refractivity contribution in [3.63, 3.8) is 0 Å². The van der Waals surface area contributed by atoms with Crippen molar-refractivity contribution < 1.29 is 14.3 Å². The van der Waals surface area contributed by atoms with Gasteiger partial charge in [-0.25, -0.2) is 4.39 Å². The minimum Gasteiger partial charge on any atom is -0.395 e. The highest BCUT2D eigenvalue weighted by atomic mass is 19.1. The predicted octanol–water partition coefficient (Wildman–Crippen LogP) is 3.65. The topological polar surface area (TPSA) is 43.8 Å². The lowest BCUT2D eigenvalue weighted by atomic mass is 9.74. The van der Waals surface area contributed by atoms with Gasteiger partial charge >= 0.3 is 0 Å². The standard InChI is InChI=1S/C25H29FN2O2/c26-21-5-3-4-20(14-21)17-6-8-18(9-7-17)24-22-15-27(25(30)19-10-11-19)12-1-2-13-28(22)23(24)16-29/h3-9,14,19,22-24,29H,1-2,10-13,15-16H2/t22-,23+,24-/m1/s1. The van der Waals surface area contributed by atoms with E-state index in [1.54, 1.807) is 12.1 Å². The first-order chi connectivity index (χ1) is 14.7. The zero-order valence-electron chi connectivity index (χ0n) is 17.2. The second-order valence-corrected chi connectivity index (χ2v) is 8.98. The maximum atomic E-state index is 13.6. The van der Waals surface area contributed by atoms with Crippen LogP contribution in [0.1, 0.15) is 37.2 Å². The molecular weight excluding hydrogens is 379 g/mol. The smallest absolute Gasteiger partial charge is 0.225 e. The van der Waals surface area contributed by atoms with Gasteiger partial charge in [0.1, 0.15) is 5.82 Å². The average Bonchev–Trinajstić information content (AvgIpc) is 3.58. The van der Waals surface area contributed by atoms with Gasteiger partial charge in [0.15, 0.2) is 0 Å². The molecule has 5 rings (SSSR count). The summed E-state index contributed by atoms with van der Waals surface area (Å²) in [6, 6.07) is 15.3. The summed E-state index contributed by atoms with van der Waals surface area (Å²) in [6.45, 7) is 2.72. The molecular formula is C25H29FN2O2. The van der Waals surface area contributed by atoms with Gasteiger partial charge < -0.3 is 10.0 Å². The molecule has 1 aliphatic carbocycles. The molecule has 0 aromatic heterocycles. The van der Waals surface area contributed by atoms with Crippen LogP contribution in [0, 0.1) is 11.7 Å². The van der Waals surface area contributed by atoms with Gasteiger partial charge in [0, 0.05) is 37.0 Å². The SMILES string of the molecule is O=C(C1CC1)N1CCCCN2[C@H](C1)[C@@H](c1ccc(-c3cccc(F)c3)cc1)[C@@H]2CO. The number of hydrogen-bond acceptors (Lipinski definition) is 3. The summed E-state index contributed by atoms with van der Waals surface area (Å²) in [5, 5.41) is 10.1. The minimum absolute atomic E-state index is 0.103. The van der Waals surface area contributed by atoms with Crippen molar-refractivity contribution in [2.24, 2.45) is 5.92 Å². The lowest BCUT2D eigenvalue weighted by molar-refractivity contribution is -0.137. The number of fused-ring (bicyclic) bond motifs is 1. The van der Waals surface area contributed by atoms with Crippen LogP contribution in [-0.4, -0.2) is 59.1 Å². The molecule has 4 nitrogen and oxygen atoms in total. The van der Waals surface area contributed by atoms with Crippen molar-refractivity contribution in [2.45, 2.75) is 43.7 Å². The highest BCUT2D eigenvalue weighted by molar-refractivity contribution is 5.81. The van der Waals surface area contributed by atoms with Crippen molar-refractivity contribution in [2.75, 3.05) is 26.2 Å². The fourth-order valence-corrected chi connectivity index (χ4v) is 5.29. The van der Waals surface area contributed by atoms with Crippen LogP contribution in [0.3, 0.4) is 0 Å². The highest BCUT2D eigenvalue weighted by Gasteiger charge is 2.50. The molecule has 1 saturated carbocycles. The monoisotopic (exact) mass is 408 g/mol. The van der Waals surface area contributed by atoms with Crippen LogP contribution in [-0.2, 0) is 4.79 Å². The molecule has 1 N–H and O–H groups in total. The van der Waals surface area contributed by atoms with E-state index in [4.69, 9.17) is 0 Å². The second-order valence-electron chi connectivity index (χ2n) is 8.98. The summed E-state index contributed by atoms with van der Waals surface area (Å²) < 4.78 is 13.6. The number of aliphatic hydroxyl groups excluding tert-OH is 1. The molecule has 3 atom stereocenters. The molecule has 5 heteroatoms. The van der Waals surface area contributed by atoms with E-state index in [1.807, 2.05) is 18.2 Å². The summed E-state index contributed by atoms with van der Waals surface area (Å²) in [6.07, 6.45) is 4.17. The van der Waals surface area contributed by atoms with E-state index >= 15 is 0 Å². The van der Waals surface area contributed by atoms with Gasteiger partial charge in [-0.3, -0.25) is 9.69 Å². The normalized spacial score (nSPS) is 27.0. The molecule has 0 bridgehead atoms. The number of carbonyl (C=O) groups is 1. The first-order valence-corrected chi connectivity index (χ1v) is 11.2. The number of amides is 1. The lowest BCUT2D eigenvalue weighted by Crippen LogP contribution is -2.68. The van der Waals surface area contributed by atoms with Crippen LogP contribution in [0.5, 0.6) is 0 Å². The summed E-state index contributed by atoms with van der Waals surface area (Å²) in [5.41, 5.74) is 3.04. The number of halogens is 1. The predicted molar refractivity (Wildman–Crippen MR) is 114 cm³/mol. The van der Waals surface area contributed by atoms with Gasteiger partial charge in [-0.2, -0.15) is 0 Å². The number of rotatable bonds is 4. The molecule has 2 aliphatic heterocycles. The summed E-state index contributed by atoms with van der Waals surface area (Å²) >= 11 is 0. The van der Waals surface area contributed by atoms with Crippen molar-refractivity contribution >= 4 is 5.91 Å². The van der Waals surface area contributed by atoms with Crippen LogP contribution in [0.4, 0.5) is 4.39 Å². The van der Waals surface area contributed by atoms with Crippen LogP contribution in [0.15, 0.2) is 48.5 Å². The van der Waals surface area contributed by atoms with Crippen molar-refractivity contribution in [1.82, 2.24) is 9.80 Å². The summed E-state index contributed by atoms with van der Waals surface area (Å²) in [5.74, 6) is 0.547. The Morgan fingerprint density at radius 1 is 1.03 bits per heavy atom. The first-order valence-electron chi connectivity index (χ1n) is 11.2. The van der Waals surface area contributed by atoms with Crippen molar-refractivity contribution in [3.8, 4) is 11.1 Å². The zero-order chi connectivity index (χ0) is 20.7. The number of carbonyl (C=O) groups excluding carboxylic acids is 1. The second kappa shape index (κ2) is 8.12. The van der Waals surface area contributed by atoms with Crippen molar-refractivity contribution in [3.05, 3.63) is 59.9 Å². The Morgan fingerprint density at radius 3 is 2.50 bits per heavy atom. The van der Waals surface area contributed by atoms with Crippen LogP contribution in [0.25, 0.3) is 11.1 Å². The molecule has 2 aromatic rings. The van der Waals surface area contributed by atoms with Gasteiger partial charge in [0.25, 0.3) is 0 Å². The fraction of sp³-hybridized carbons (Fsp3) is 0.480. The molecule has 0 radical (unpaired) electrons. The molecule has 158 valence electrons. The average molecular weight is 409 g/mol. The third kappa shape index (κ3) is 3.65. The molecule has 2 saturated heterocycles. The quantitative estimate of drug-likeness (QED) is 0.840. The Kier molecular flexibility index (Phi) is 5.34. The third-order valence-electron chi connectivity index (χ3n) is 7.06. The van der Waals surface area contributed by atoms with E-state index in [1.165, 1.54) is 11.6 Å². The molecule has 0 spiro atoms. The van der Waals surface area contributed by atoms with E-state index in [2.05, 4.69) is 21.9 Å².